The van der Waals surface area contributed by atoms with Crippen LogP contribution in [0.1, 0.15) is 22.5 Å². The minimum absolute atomic E-state index is 0.184. The highest BCUT2D eigenvalue weighted by Gasteiger charge is 2.30. The van der Waals surface area contributed by atoms with Gasteiger partial charge in [0, 0.05) is 28.3 Å². The third-order valence-electron chi connectivity index (χ3n) is 4.67. The highest BCUT2D eigenvalue weighted by atomic mass is 35.5. The Labute approximate surface area is 192 Å². The van der Waals surface area contributed by atoms with Gasteiger partial charge >= 0.3 is 6.18 Å². The first-order valence-electron chi connectivity index (χ1n) is 9.43. The van der Waals surface area contributed by atoms with E-state index in [-0.39, 0.29) is 12.2 Å². The quantitative estimate of drug-likeness (QED) is 0.335. The summed E-state index contributed by atoms with van der Waals surface area (Å²) in [5, 5.41) is 7.49. The number of nitrogens with zero attached hydrogens (tertiary/aromatic N) is 2. The summed E-state index contributed by atoms with van der Waals surface area (Å²) < 4.78 is 40.3. The molecule has 1 heterocycles. The second-order valence-corrected chi connectivity index (χ2v) is 7.80. The van der Waals surface area contributed by atoms with Crippen molar-refractivity contribution in [2.24, 2.45) is 5.10 Å². The van der Waals surface area contributed by atoms with Crippen LogP contribution in [0.2, 0.25) is 10.0 Å². The minimum atomic E-state index is -4.45. The van der Waals surface area contributed by atoms with Gasteiger partial charge in [-0.2, -0.15) is 18.3 Å². The molecule has 0 unspecified atom stereocenters. The molecule has 0 fully saturated rings. The van der Waals surface area contributed by atoms with Gasteiger partial charge in [-0.25, -0.2) is 5.43 Å². The van der Waals surface area contributed by atoms with Crippen molar-refractivity contribution in [3.05, 3.63) is 81.1 Å². The van der Waals surface area contributed by atoms with E-state index in [0.29, 0.717) is 10.0 Å². The van der Waals surface area contributed by atoms with Gasteiger partial charge in [0.05, 0.1) is 28.4 Å². The van der Waals surface area contributed by atoms with E-state index in [1.807, 2.05) is 30.5 Å². The lowest BCUT2D eigenvalue weighted by molar-refractivity contribution is -0.137. The zero-order chi connectivity index (χ0) is 23.5. The average Bonchev–Trinajstić information content (AvgIpc) is 3.01. The van der Waals surface area contributed by atoms with Crippen LogP contribution >= 0.6 is 23.2 Å². The van der Waals surface area contributed by atoms with Gasteiger partial charge in [-0.1, -0.05) is 29.3 Å². The Morgan fingerprint density at radius 2 is 1.84 bits per heavy atom. The molecule has 3 aromatic rings. The van der Waals surface area contributed by atoms with Crippen LogP contribution in [-0.2, 0) is 11.0 Å². The van der Waals surface area contributed by atoms with Crippen LogP contribution in [0.4, 0.5) is 18.9 Å². The van der Waals surface area contributed by atoms with Crippen LogP contribution in [0, 0.1) is 13.8 Å². The summed E-state index contributed by atoms with van der Waals surface area (Å²) in [6, 6.07) is 11.8. The van der Waals surface area contributed by atoms with Crippen LogP contribution in [0.25, 0.3) is 5.69 Å². The van der Waals surface area contributed by atoms with Crippen molar-refractivity contribution in [1.29, 1.82) is 0 Å². The van der Waals surface area contributed by atoms with Gasteiger partial charge in [0.2, 0.25) is 0 Å². The maximum atomic E-state index is 12.8. The van der Waals surface area contributed by atoms with Crippen LogP contribution in [0.5, 0.6) is 0 Å². The molecule has 0 saturated carbocycles. The van der Waals surface area contributed by atoms with Gasteiger partial charge in [0.25, 0.3) is 5.91 Å². The molecule has 2 N–H and O–H groups in total. The Morgan fingerprint density at radius 3 is 2.53 bits per heavy atom. The third kappa shape index (κ3) is 5.63. The van der Waals surface area contributed by atoms with E-state index in [0.717, 1.165) is 34.8 Å². The van der Waals surface area contributed by atoms with Crippen molar-refractivity contribution in [2.75, 3.05) is 11.9 Å². The van der Waals surface area contributed by atoms with Gasteiger partial charge in [0.1, 0.15) is 0 Å². The summed E-state index contributed by atoms with van der Waals surface area (Å²) in [4.78, 5) is 12.0. The topological polar surface area (TPSA) is 58.4 Å². The molecule has 10 heteroatoms. The number of hydrazone groups is 1. The van der Waals surface area contributed by atoms with Gasteiger partial charge in [-0.15, -0.1) is 0 Å². The summed E-state index contributed by atoms with van der Waals surface area (Å²) in [7, 11) is 0. The molecule has 0 aliphatic rings. The largest absolute Gasteiger partial charge is 0.416 e. The number of benzene rings is 2. The maximum absolute atomic E-state index is 12.8. The van der Waals surface area contributed by atoms with Crippen LogP contribution < -0.4 is 10.7 Å². The molecule has 0 aliphatic heterocycles. The first-order valence-corrected chi connectivity index (χ1v) is 10.2. The standard InChI is InChI=1S/C22H19Cl2F3N4O/c1-13-8-15(14(2)31(13)18-6-7-19(23)20(24)10-18)11-29-30-21(32)12-28-17-5-3-4-16(9-17)22(25,26)27/h3-11,28H,12H2,1-2H3,(H,30,32)/b29-11-. The Bertz CT molecular complexity index is 1170. The third-order valence-corrected chi connectivity index (χ3v) is 5.41. The van der Waals surface area contributed by atoms with E-state index >= 15 is 0 Å². The number of anilines is 1. The highest BCUT2D eigenvalue weighted by Crippen LogP contribution is 2.30. The molecule has 0 radical (unpaired) electrons. The Morgan fingerprint density at radius 1 is 1.09 bits per heavy atom. The molecule has 2 aromatic carbocycles. The highest BCUT2D eigenvalue weighted by molar-refractivity contribution is 6.42. The molecule has 0 atom stereocenters. The summed E-state index contributed by atoms with van der Waals surface area (Å²) >= 11 is 12.1. The van der Waals surface area contributed by atoms with Crippen molar-refractivity contribution in [3.8, 4) is 5.69 Å². The number of aromatic nitrogens is 1. The molecule has 1 amide bonds. The number of rotatable bonds is 6. The Hall–Kier alpha value is -2.97. The number of hydrogen-bond donors (Lipinski definition) is 2. The molecule has 5 nitrogen and oxygen atoms in total. The summed E-state index contributed by atoms with van der Waals surface area (Å²) in [5.74, 6) is -0.503. The SMILES string of the molecule is Cc1cc(/C=N\NC(=O)CNc2cccc(C(F)(F)F)c2)c(C)n1-c1ccc(Cl)c(Cl)c1. The molecule has 0 spiro atoms. The fraction of sp³-hybridized carbons (Fsp3) is 0.182. The van der Waals surface area contributed by atoms with Crippen LogP contribution in [0.15, 0.2) is 53.6 Å². The first-order chi connectivity index (χ1) is 15.1. The van der Waals surface area contributed by atoms with Gasteiger partial charge in [-0.05, 0) is 56.3 Å². The second-order valence-electron chi connectivity index (χ2n) is 6.99. The van der Waals surface area contributed by atoms with Crippen LogP contribution in [-0.4, -0.2) is 23.2 Å². The van der Waals surface area contributed by atoms with Gasteiger partial charge in [-0.3, -0.25) is 4.79 Å². The maximum Gasteiger partial charge on any atom is 0.416 e. The molecule has 0 bridgehead atoms. The van der Waals surface area contributed by atoms with Crippen molar-refractivity contribution in [2.45, 2.75) is 20.0 Å². The fourth-order valence-corrected chi connectivity index (χ4v) is 3.43. The number of alkyl halides is 3. The molecule has 3 rings (SSSR count). The van der Waals surface area contributed by atoms with Crippen LogP contribution in [0.3, 0.4) is 0 Å². The van der Waals surface area contributed by atoms with E-state index in [9.17, 15) is 18.0 Å². The molecule has 0 aliphatic carbocycles. The lowest BCUT2D eigenvalue weighted by Gasteiger charge is -2.10. The predicted octanol–water partition coefficient (Wildman–Crippen LogP) is 5.98. The number of hydrogen-bond acceptors (Lipinski definition) is 3. The number of nitrogens with one attached hydrogen (secondary N) is 2. The smallest absolute Gasteiger partial charge is 0.376 e. The Kier molecular flexibility index (Phi) is 7.16. The second kappa shape index (κ2) is 9.67. The normalized spacial score (nSPS) is 11.7. The number of amides is 1. The van der Waals surface area contributed by atoms with Gasteiger partial charge in [0.15, 0.2) is 0 Å². The molecule has 32 heavy (non-hydrogen) atoms. The number of carbonyl (C=O) groups excluding carboxylic acids is 1. The number of aryl methyl sites for hydroxylation is 1. The zero-order valence-electron chi connectivity index (χ0n) is 17.1. The molecule has 0 saturated heterocycles. The van der Waals surface area contributed by atoms with Crippen molar-refractivity contribution in [3.63, 3.8) is 0 Å². The zero-order valence-corrected chi connectivity index (χ0v) is 18.6. The van der Waals surface area contributed by atoms with E-state index < -0.39 is 17.6 Å². The van der Waals surface area contributed by atoms with Crippen molar-refractivity contribution >= 4 is 41.0 Å². The van der Waals surface area contributed by atoms with Crippen molar-refractivity contribution < 1.29 is 18.0 Å². The number of halogens is 5. The summed E-state index contributed by atoms with van der Waals surface area (Å²) in [6.45, 7) is 3.58. The fourth-order valence-electron chi connectivity index (χ4n) is 3.14. The number of carbonyl (C=O) groups is 1. The molecular weight excluding hydrogens is 464 g/mol. The van der Waals surface area contributed by atoms with E-state index in [1.54, 1.807) is 12.1 Å². The van der Waals surface area contributed by atoms with Gasteiger partial charge < -0.3 is 9.88 Å². The summed E-state index contributed by atoms with van der Waals surface area (Å²) in [6.07, 6.45) is -2.95. The summed E-state index contributed by atoms with van der Waals surface area (Å²) in [5.41, 5.74) is 5.17. The van der Waals surface area contributed by atoms with Crippen molar-refractivity contribution in [1.82, 2.24) is 9.99 Å². The molecule has 168 valence electrons. The lowest BCUT2D eigenvalue weighted by atomic mass is 10.2. The molecule has 1 aromatic heterocycles. The first kappa shape index (κ1) is 23.7. The minimum Gasteiger partial charge on any atom is -0.376 e. The van der Waals surface area contributed by atoms with E-state index in [1.165, 1.54) is 18.3 Å². The molecular formula is C22H19Cl2F3N4O. The monoisotopic (exact) mass is 482 g/mol. The van der Waals surface area contributed by atoms with E-state index in [2.05, 4.69) is 15.8 Å². The lowest BCUT2D eigenvalue weighted by Crippen LogP contribution is -2.26. The van der Waals surface area contributed by atoms with E-state index in [4.69, 9.17) is 23.2 Å². The average molecular weight is 483 g/mol. The Balaban J connectivity index is 1.63. The predicted molar refractivity (Wildman–Crippen MR) is 121 cm³/mol.